The van der Waals surface area contributed by atoms with Gasteiger partial charge >= 0.3 is 18.4 Å². The zero-order valence-electron chi connectivity index (χ0n) is 13.7. The molecule has 2 aromatic rings. The van der Waals surface area contributed by atoms with E-state index in [9.17, 15) is 31.5 Å². The molecule has 0 saturated carbocycles. The second-order valence-corrected chi connectivity index (χ2v) is 5.50. The standard InChI is InChI=1S/C17H10F5NO5/c18-16(19,20)11-4-2-1-3-10(11)15(25)26-8-14(24)23-9-5-6-12-13(7-9)28-17(21,22)27-12/h1-7H,8H2,(H,23,24). The summed E-state index contributed by atoms with van der Waals surface area (Å²) >= 11 is 0. The fourth-order valence-electron chi connectivity index (χ4n) is 2.34. The van der Waals surface area contributed by atoms with Crippen molar-refractivity contribution in [2.24, 2.45) is 0 Å². The Morgan fingerprint density at radius 1 is 1.04 bits per heavy atom. The first-order valence-electron chi connectivity index (χ1n) is 7.58. The number of esters is 1. The molecule has 1 heterocycles. The van der Waals surface area contributed by atoms with Crippen molar-refractivity contribution in [3.8, 4) is 11.5 Å². The second-order valence-electron chi connectivity index (χ2n) is 5.50. The number of ether oxygens (including phenoxy) is 3. The van der Waals surface area contributed by atoms with Crippen LogP contribution in [0, 0.1) is 0 Å². The van der Waals surface area contributed by atoms with E-state index in [1.165, 1.54) is 12.1 Å². The molecule has 2 aromatic carbocycles. The number of rotatable bonds is 4. The van der Waals surface area contributed by atoms with Crippen LogP contribution in [-0.4, -0.2) is 24.8 Å². The van der Waals surface area contributed by atoms with Crippen LogP contribution >= 0.6 is 0 Å². The van der Waals surface area contributed by atoms with E-state index in [1.807, 2.05) is 0 Å². The molecule has 0 fully saturated rings. The molecule has 0 aromatic heterocycles. The number of benzene rings is 2. The molecule has 1 aliphatic heterocycles. The van der Waals surface area contributed by atoms with Gasteiger partial charge in [0.2, 0.25) is 0 Å². The summed E-state index contributed by atoms with van der Waals surface area (Å²) in [7, 11) is 0. The second kappa shape index (κ2) is 6.98. The van der Waals surface area contributed by atoms with E-state index in [1.54, 1.807) is 0 Å². The number of amides is 1. The highest BCUT2D eigenvalue weighted by Crippen LogP contribution is 2.42. The third-order valence-electron chi connectivity index (χ3n) is 3.47. The first kappa shape index (κ1) is 19.4. The first-order valence-corrected chi connectivity index (χ1v) is 7.58. The monoisotopic (exact) mass is 403 g/mol. The minimum atomic E-state index is -4.77. The van der Waals surface area contributed by atoms with Gasteiger partial charge in [-0.1, -0.05) is 12.1 Å². The highest BCUT2D eigenvalue weighted by molar-refractivity contribution is 5.96. The van der Waals surface area contributed by atoms with E-state index in [4.69, 9.17) is 0 Å². The first-order chi connectivity index (χ1) is 13.0. The third kappa shape index (κ3) is 4.30. The number of hydrogen-bond acceptors (Lipinski definition) is 5. The van der Waals surface area contributed by atoms with Crippen molar-refractivity contribution in [3.05, 3.63) is 53.6 Å². The fraction of sp³-hybridized carbons (Fsp3) is 0.176. The van der Waals surface area contributed by atoms with Gasteiger partial charge in [0.15, 0.2) is 18.1 Å². The van der Waals surface area contributed by atoms with E-state index in [0.717, 1.165) is 24.3 Å². The number of carbonyl (C=O) groups excluding carboxylic acids is 2. The molecule has 11 heteroatoms. The molecule has 1 amide bonds. The highest BCUT2D eigenvalue weighted by Gasteiger charge is 2.43. The smallest absolute Gasteiger partial charge is 0.452 e. The number of fused-ring (bicyclic) bond motifs is 1. The topological polar surface area (TPSA) is 73.9 Å². The molecule has 3 rings (SSSR count). The van der Waals surface area contributed by atoms with Crippen molar-refractivity contribution < 1.29 is 45.8 Å². The predicted octanol–water partition coefficient (Wildman–Crippen LogP) is 3.82. The molecule has 1 N–H and O–H groups in total. The van der Waals surface area contributed by atoms with Crippen LogP contribution in [0.1, 0.15) is 15.9 Å². The maximum Gasteiger partial charge on any atom is 0.586 e. The van der Waals surface area contributed by atoms with Gasteiger partial charge in [0.25, 0.3) is 5.91 Å². The largest absolute Gasteiger partial charge is 0.586 e. The summed E-state index contributed by atoms with van der Waals surface area (Å²) in [6.07, 6.45) is -8.60. The Balaban J connectivity index is 1.61. The number of alkyl halides is 5. The van der Waals surface area contributed by atoms with Crippen molar-refractivity contribution in [1.29, 1.82) is 0 Å². The lowest BCUT2D eigenvalue weighted by Gasteiger charge is -2.12. The quantitative estimate of drug-likeness (QED) is 0.621. The Bertz CT molecular complexity index is 928. The van der Waals surface area contributed by atoms with Crippen LogP contribution in [0.4, 0.5) is 27.6 Å². The molecule has 6 nitrogen and oxygen atoms in total. The maximum absolute atomic E-state index is 12.9. The summed E-state index contributed by atoms with van der Waals surface area (Å²) in [6, 6.07) is 7.35. The average Bonchev–Trinajstić information content (AvgIpc) is 2.92. The highest BCUT2D eigenvalue weighted by atomic mass is 19.4. The van der Waals surface area contributed by atoms with Gasteiger partial charge in [0.05, 0.1) is 11.1 Å². The van der Waals surface area contributed by atoms with E-state index in [-0.39, 0.29) is 17.2 Å². The predicted molar refractivity (Wildman–Crippen MR) is 83.0 cm³/mol. The van der Waals surface area contributed by atoms with Crippen molar-refractivity contribution in [2.75, 3.05) is 11.9 Å². The Kier molecular flexibility index (Phi) is 4.84. The van der Waals surface area contributed by atoms with Gasteiger partial charge in [0.1, 0.15) is 0 Å². The SMILES string of the molecule is O=C(COC(=O)c1ccccc1C(F)(F)F)Nc1ccc2c(c1)OC(F)(F)O2. The third-order valence-corrected chi connectivity index (χ3v) is 3.47. The number of anilines is 1. The molecule has 0 spiro atoms. The minimum absolute atomic E-state index is 0.0248. The fourth-order valence-corrected chi connectivity index (χ4v) is 2.34. The summed E-state index contributed by atoms with van der Waals surface area (Å²) in [4.78, 5) is 23.7. The lowest BCUT2D eigenvalue weighted by molar-refractivity contribution is -0.286. The molecule has 148 valence electrons. The Hall–Kier alpha value is -3.37. The van der Waals surface area contributed by atoms with Gasteiger partial charge in [-0.05, 0) is 24.3 Å². The van der Waals surface area contributed by atoms with E-state index >= 15 is 0 Å². The summed E-state index contributed by atoms with van der Waals surface area (Å²) < 4.78 is 77.6. The molecule has 0 radical (unpaired) electrons. The molecule has 0 atom stereocenters. The van der Waals surface area contributed by atoms with Gasteiger partial charge in [-0.15, -0.1) is 8.78 Å². The van der Waals surface area contributed by atoms with Crippen molar-refractivity contribution in [3.63, 3.8) is 0 Å². The van der Waals surface area contributed by atoms with Gasteiger partial charge in [-0.3, -0.25) is 4.79 Å². The molecule has 0 aliphatic carbocycles. The van der Waals surface area contributed by atoms with Crippen LogP contribution in [0.5, 0.6) is 11.5 Å². The zero-order chi connectivity index (χ0) is 20.5. The van der Waals surface area contributed by atoms with Crippen LogP contribution in [0.15, 0.2) is 42.5 Å². The van der Waals surface area contributed by atoms with Gasteiger partial charge < -0.3 is 19.5 Å². The van der Waals surface area contributed by atoms with E-state index in [0.29, 0.717) is 6.07 Å². The number of halogens is 5. The maximum atomic E-state index is 12.9. The molecule has 0 bridgehead atoms. The molecular weight excluding hydrogens is 393 g/mol. The summed E-state index contributed by atoms with van der Waals surface area (Å²) in [5, 5.41) is 2.23. The van der Waals surface area contributed by atoms with Gasteiger partial charge in [-0.2, -0.15) is 13.2 Å². The number of hydrogen-bond donors (Lipinski definition) is 1. The average molecular weight is 403 g/mol. The summed E-state index contributed by atoms with van der Waals surface area (Å²) in [5.41, 5.74) is -1.91. The van der Waals surface area contributed by atoms with Crippen molar-refractivity contribution >= 4 is 17.6 Å². The normalized spacial score (nSPS) is 14.5. The van der Waals surface area contributed by atoms with E-state index < -0.39 is 42.1 Å². The summed E-state index contributed by atoms with van der Waals surface area (Å²) in [5.74, 6) is -2.80. The lowest BCUT2D eigenvalue weighted by Crippen LogP contribution is -2.25. The van der Waals surface area contributed by atoms with Gasteiger partial charge in [-0.25, -0.2) is 4.79 Å². The van der Waals surface area contributed by atoms with Crippen LogP contribution < -0.4 is 14.8 Å². The molecule has 28 heavy (non-hydrogen) atoms. The number of carbonyl (C=O) groups is 2. The van der Waals surface area contributed by atoms with Crippen LogP contribution in [-0.2, 0) is 15.7 Å². The Morgan fingerprint density at radius 2 is 1.71 bits per heavy atom. The van der Waals surface area contributed by atoms with Crippen LogP contribution in [0.2, 0.25) is 0 Å². The molecular formula is C17H10F5NO5. The van der Waals surface area contributed by atoms with Crippen LogP contribution in [0.25, 0.3) is 0 Å². The molecule has 0 unspecified atom stereocenters. The van der Waals surface area contributed by atoms with Gasteiger partial charge in [0, 0.05) is 11.8 Å². The molecule has 1 aliphatic rings. The minimum Gasteiger partial charge on any atom is -0.452 e. The Morgan fingerprint density at radius 3 is 2.43 bits per heavy atom. The zero-order valence-corrected chi connectivity index (χ0v) is 13.7. The molecule has 0 saturated heterocycles. The summed E-state index contributed by atoms with van der Waals surface area (Å²) in [6.45, 7) is -0.893. The van der Waals surface area contributed by atoms with E-state index in [2.05, 4.69) is 19.5 Å². The van der Waals surface area contributed by atoms with Crippen molar-refractivity contribution in [2.45, 2.75) is 12.5 Å². The Labute approximate surface area is 153 Å². The van der Waals surface area contributed by atoms with Crippen LogP contribution in [0.3, 0.4) is 0 Å². The lowest BCUT2D eigenvalue weighted by atomic mass is 10.1. The van der Waals surface area contributed by atoms with Crippen molar-refractivity contribution in [1.82, 2.24) is 0 Å². The number of nitrogens with one attached hydrogen (secondary N) is 1.